The molecule has 1 radical (unpaired) electrons. The van der Waals surface area contributed by atoms with Crippen molar-refractivity contribution in [2.75, 3.05) is 7.05 Å². The predicted molar refractivity (Wildman–Crippen MR) is 59.1 cm³/mol. The number of alkyl halides is 2. The number of allylic oxidation sites excluding steroid dienone is 1. The highest BCUT2D eigenvalue weighted by atomic mass is 35.5. The zero-order chi connectivity index (χ0) is 10.7. The Bertz CT molecular complexity index is 251. The summed E-state index contributed by atoms with van der Waals surface area (Å²) in [7, 11) is 1.72. The standard InChI is InChI=1S/C10H14Cl2NO/c1-7-5-3-4-6-8(7)13(2)10(14)9(11)12/h5,9H,3-4,6H2,1-2H3. The SMILES string of the molecule is CC1=CCCC[C]1N(C)C(=O)C(Cl)Cl. The molecule has 0 unspecified atom stereocenters. The molecule has 0 aromatic rings. The van der Waals surface area contributed by atoms with E-state index in [0.29, 0.717) is 0 Å². The van der Waals surface area contributed by atoms with E-state index in [4.69, 9.17) is 23.2 Å². The number of hydrogen-bond acceptors (Lipinski definition) is 1. The Balaban J connectivity index is 2.68. The first-order valence-corrected chi connectivity index (χ1v) is 5.50. The van der Waals surface area contributed by atoms with Crippen molar-refractivity contribution in [2.45, 2.75) is 31.0 Å². The maximum absolute atomic E-state index is 11.5. The molecule has 0 heterocycles. The fourth-order valence-electron chi connectivity index (χ4n) is 1.61. The molecule has 0 saturated carbocycles. The first kappa shape index (κ1) is 11.9. The number of hydrogen-bond donors (Lipinski definition) is 0. The van der Waals surface area contributed by atoms with Crippen LogP contribution >= 0.6 is 23.2 Å². The van der Waals surface area contributed by atoms with Gasteiger partial charge in [-0.15, -0.1) is 0 Å². The van der Waals surface area contributed by atoms with Crippen LogP contribution in [0.15, 0.2) is 11.6 Å². The number of amides is 1. The lowest BCUT2D eigenvalue weighted by atomic mass is 9.94. The van der Waals surface area contributed by atoms with Crippen LogP contribution in [-0.4, -0.2) is 22.7 Å². The van der Waals surface area contributed by atoms with Gasteiger partial charge in [0, 0.05) is 7.05 Å². The van der Waals surface area contributed by atoms with Crippen molar-refractivity contribution in [1.29, 1.82) is 0 Å². The number of carbonyl (C=O) groups is 1. The number of nitrogens with zero attached hydrogens (tertiary/aromatic N) is 1. The molecule has 0 saturated heterocycles. The number of halogens is 2. The first-order valence-electron chi connectivity index (χ1n) is 4.62. The minimum atomic E-state index is -0.970. The highest BCUT2D eigenvalue weighted by molar-refractivity contribution is 6.53. The van der Waals surface area contributed by atoms with E-state index in [0.717, 1.165) is 30.9 Å². The first-order chi connectivity index (χ1) is 6.54. The molecule has 1 aliphatic rings. The van der Waals surface area contributed by atoms with E-state index in [-0.39, 0.29) is 5.91 Å². The zero-order valence-corrected chi connectivity index (χ0v) is 9.90. The fraction of sp³-hybridized carbons (Fsp3) is 0.600. The largest absolute Gasteiger partial charge is 0.331 e. The van der Waals surface area contributed by atoms with E-state index in [1.54, 1.807) is 11.9 Å². The molecule has 0 atom stereocenters. The van der Waals surface area contributed by atoms with E-state index >= 15 is 0 Å². The molecule has 0 aromatic heterocycles. The summed E-state index contributed by atoms with van der Waals surface area (Å²) in [5, 5.41) is 0. The number of likely N-dealkylation sites (N-methyl/N-ethyl adjacent to an activating group) is 1. The van der Waals surface area contributed by atoms with Crippen LogP contribution in [0.5, 0.6) is 0 Å². The lowest BCUT2D eigenvalue weighted by molar-refractivity contribution is -0.127. The van der Waals surface area contributed by atoms with Crippen LogP contribution in [0.3, 0.4) is 0 Å². The Kier molecular flexibility index (Phi) is 4.27. The van der Waals surface area contributed by atoms with Crippen molar-refractivity contribution in [3.63, 3.8) is 0 Å². The van der Waals surface area contributed by atoms with Gasteiger partial charge in [0.05, 0.1) is 6.04 Å². The monoisotopic (exact) mass is 234 g/mol. The second-order valence-electron chi connectivity index (χ2n) is 3.42. The third-order valence-electron chi connectivity index (χ3n) is 2.45. The molecular formula is C10H14Cl2NO. The highest BCUT2D eigenvalue weighted by Crippen LogP contribution is 2.29. The van der Waals surface area contributed by atoms with E-state index < -0.39 is 4.84 Å². The average molecular weight is 235 g/mol. The van der Waals surface area contributed by atoms with E-state index in [2.05, 4.69) is 6.08 Å². The smallest absolute Gasteiger partial charge is 0.256 e. The topological polar surface area (TPSA) is 20.3 Å². The van der Waals surface area contributed by atoms with Gasteiger partial charge in [-0.05, 0) is 31.8 Å². The van der Waals surface area contributed by atoms with Crippen molar-refractivity contribution in [2.24, 2.45) is 0 Å². The van der Waals surface area contributed by atoms with Crippen molar-refractivity contribution in [3.05, 3.63) is 17.7 Å². The summed E-state index contributed by atoms with van der Waals surface area (Å²) in [6.45, 7) is 2.01. The summed E-state index contributed by atoms with van der Waals surface area (Å²) in [6.07, 6.45) is 5.23. The van der Waals surface area contributed by atoms with Gasteiger partial charge in [0.1, 0.15) is 0 Å². The van der Waals surface area contributed by atoms with E-state index in [9.17, 15) is 4.79 Å². The van der Waals surface area contributed by atoms with Crippen LogP contribution in [0.25, 0.3) is 0 Å². The molecule has 1 aliphatic carbocycles. The van der Waals surface area contributed by atoms with Gasteiger partial charge in [-0.1, -0.05) is 29.3 Å². The van der Waals surface area contributed by atoms with Crippen molar-refractivity contribution in [3.8, 4) is 0 Å². The maximum Gasteiger partial charge on any atom is 0.256 e. The molecule has 0 bridgehead atoms. The number of carbonyl (C=O) groups excluding carboxylic acids is 1. The van der Waals surface area contributed by atoms with Crippen LogP contribution in [-0.2, 0) is 4.79 Å². The quantitative estimate of drug-likeness (QED) is 0.674. The van der Waals surface area contributed by atoms with Gasteiger partial charge in [-0.2, -0.15) is 0 Å². The minimum Gasteiger partial charge on any atom is -0.331 e. The second kappa shape index (κ2) is 5.04. The summed E-state index contributed by atoms with van der Waals surface area (Å²) in [5.41, 5.74) is 1.15. The normalized spacial score (nSPS) is 18.2. The third-order valence-corrected chi connectivity index (χ3v) is 2.82. The van der Waals surface area contributed by atoms with Gasteiger partial charge < -0.3 is 4.90 Å². The molecule has 1 rings (SSSR count). The van der Waals surface area contributed by atoms with Crippen LogP contribution < -0.4 is 0 Å². The van der Waals surface area contributed by atoms with Crippen LogP contribution in [0.2, 0.25) is 0 Å². The zero-order valence-electron chi connectivity index (χ0n) is 8.39. The second-order valence-corrected chi connectivity index (χ2v) is 4.52. The molecule has 0 spiro atoms. The lowest BCUT2D eigenvalue weighted by Gasteiger charge is -2.30. The van der Waals surface area contributed by atoms with Gasteiger partial charge in [0.2, 0.25) is 0 Å². The molecule has 0 fully saturated rings. The molecule has 1 amide bonds. The van der Waals surface area contributed by atoms with Gasteiger partial charge >= 0.3 is 0 Å². The predicted octanol–water partition coefficient (Wildman–Crippen LogP) is 2.91. The Hall–Kier alpha value is -0.210. The highest BCUT2D eigenvalue weighted by Gasteiger charge is 2.27. The molecule has 4 heteroatoms. The fourth-order valence-corrected chi connectivity index (χ4v) is 1.91. The minimum absolute atomic E-state index is 0.252. The summed E-state index contributed by atoms with van der Waals surface area (Å²) >= 11 is 11.1. The molecule has 0 N–H and O–H groups in total. The Morgan fingerprint density at radius 2 is 2.21 bits per heavy atom. The van der Waals surface area contributed by atoms with Crippen molar-refractivity contribution in [1.82, 2.24) is 4.90 Å². The summed E-state index contributed by atoms with van der Waals surface area (Å²) in [6, 6.07) is 1.03. The molecule has 14 heavy (non-hydrogen) atoms. The molecule has 0 aliphatic heterocycles. The van der Waals surface area contributed by atoms with Gasteiger partial charge in [-0.25, -0.2) is 0 Å². The Morgan fingerprint density at radius 3 is 2.71 bits per heavy atom. The molecular weight excluding hydrogens is 221 g/mol. The van der Waals surface area contributed by atoms with E-state index in [1.165, 1.54) is 0 Å². The van der Waals surface area contributed by atoms with E-state index in [1.807, 2.05) is 6.92 Å². The van der Waals surface area contributed by atoms with Gasteiger partial charge in [0.25, 0.3) is 5.91 Å². The summed E-state index contributed by atoms with van der Waals surface area (Å²) in [5.74, 6) is -0.252. The van der Waals surface area contributed by atoms with Crippen LogP contribution in [0.1, 0.15) is 26.2 Å². The van der Waals surface area contributed by atoms with Crippen molar-refractivity contribution >= 4 is 29.1 Å². The lowest BCUT2D eigenvalue weighted by Crippen LogP contribution is -2.36. The molecule has 2 nitrogen and oxygen atoms in total. The summed E-state index contributed by atoms with van der Waals surface area (Å²) < 4.78 is 0. The third kappa shape index (κ3) is 2.64. The number of rotatable bonds is 2. The molecule has 0 aromatic carbocycles. The van der Waals surface area contributed by atoms with Crippen LogP contribution in [0.4, 0.5) is 0 Å². The summed E-state index contributed by atoms with van der Waals surface area (Å²) in [4.78, 5) is 12.1. The molecule has 79 valence electrons. The Labute approximate surface area is 94.9 Å². The Morgan fingerprint density at radius 1 is 1.57 bits per heavy atom. The van der Waals surface area contributed by atoms with Gasteiger partial charge in [-0.3, -0.25) is 4.79 Å². The van der Waals surface area contributed by atoms with Crippen molar-refractivity contribution < 1.29 is 4.79 Å². The van der Waals surface area contributed by atoms with Crippen LogP contribution in [0, 0.1) is 6.04 Å². The van der Waals surface area contributed by atoms with Gasteiger partial charge in [0.15, 0.2) is 4.84 Å². The maximum atomic E-state index is 11.5. The average Bonchev–Trinajstić information content (AvgIpc) is 2.16.